The van der Waals surface area contributed by atoms with E-state index < -0.39 is 17.7 Å². The number of amides is 1. The quantitative estimate of drug-likeness (QED) is 0.759. The van der Waals surface area contributed by atoms with Crippen LogP contribution in [0.3, 0.4) is 0 Å². The minimum Gasteiger partial charge on any atom is -0.497 e. The Labute approximate surface area is 161 Å². The molecule has 2 aromatic carbocycles. The third kappa shape index (κ3) is 2.89. The predicted octanol–water partition coefficient (Wildman–Crippen LogP) is 3.17. The summed E-state index contributed by atoms with van der Waals surface area (Å²) in [7, 11) is 3.06. The minimum atomic E-state index is -0.535. The van der Waals surface area contributed by atoms with Crippen molar-refractivity contribution in [3.63, 3.8) is 0 Å². The van der Waals surface area contributed by atoms with Gasteiger partial charge in [-0.15, -0.1) is 0 Å². The van der Waals surface area contributed by atoms with Crippen molar-refractivity contribution in [3.05, 3.63) is 65.1 Å². The number of esters is 1. The van der Waals surface area contributed by atoms with Crippen LogP contribution in [-0.4, -0.2) is 32.7 Å². The fraction of sp³-hybridized carbons (Fsp3) is 0.238. The first kappa shape index (κ1) is 18.0. The Balaban J connectivity index is 1.86. The molecule has 1 atom stereocenters. The molecule has 2 aromatic rings. The summed E-state index contributed by atoms with van der Waals surface area (Å²) >= 11 is 0. The van der Waals surface area contributed by atoms with Crippen LogP contribution in [-0.2, 0) is 14.3 Å². The number of cyclic esters (lactones) is 1. The topological polar surface area (TPSA) is 65.1 Å². The molecule has 0 aromatic heterocycles. The predicted molar refractivity (Wildman–Crippen MR) is 98.8 cm³/mol. The number of nitrogens with zero attached hydrogens (tertiary/aromatic N) is 1. The zero-order valence-corrected chi connectivity index (χ0v) is 15.4. The average Bonchev–Trinajstić information content (AvgIpc) is 3.08. The van der Waals surface area contributed by atoms with E-state index in [1.807, 2.05) is 0 Å². The first-order valence-corrected chi connectivity index (χ1v) is 8.74. The maximum Gasteiger partial charge on any atom is 0.336 e. The molecule has 28 heavy (non-hydrogen) atoms. The normalized spacial score (nSPS) is 18.8. The molecule has 2 heterocycles. The minimum absolute atomic E-state index is 0.0218. The number of halogens is 1. The molecular weight excluding hydrogens is 365 g/mol. The van der Waals surface area contributed by atoms with Gasteiger partial charge in [-0.1, -0.05) is 6.07 Å². The van der Waals surface area contributed by atoms with Gasteiger partial charge in [0, 0.05) is 17.9 Å². The number of rotatable bonds is 4. The van der Waals surface area contributed by atoms with E-state index in [4.69, 9.17) is 14.2 Å². The van der Waals surface area contributed by atoms with Crippen molar-refractivity contribution in [2.45, 2.75) is 12.3 Å². The molecule has 144 valence electrons. The lowest BCUT2D eigenvalue weighted by molar-refractivity contribution is -0.136. The van der Waals surface area contributed by atoms with Crippen LogP contribution in [0.25, 0.3) is 0 Å². The van der Waals surface area contributed by atoms with E-state index in [2.05, 4.69) is 0 Å². The Morgan fingerprint density at radius 1 is 1.11 bits per heavy atom. The molecule has 6 nitrogen and oxygen atoms in total. The van der Waals surface area contributed by atoms with Gasteiger partial charge in [-0.2, -0.15) is 0 Å². The number of hydrogen-bond donors (Lipinski definition) is 0. The van der Waals surface area contributed by atoms with E-state index >= 15 is 0 Å². The van der Waals surface area contributed by atoms with Crippen LogP contribution in [0.2, 0.25) is 0 Å². The van der Waals surface area contributed by atoms with Gasteiger partial charge in [-0.25, -0.2) is 9.18 Å². The van der Waals surface area contributed by atoms with Gasteiger partial charge in [-0.3, -0.25) is 9.69 Å². The highest BCUT2D eigenvalue weighted by Gasteiger charge is 2.44. The third-order valence-corrected chi connectivity index (χ3v) is 5.00. The van der Waals surface area contributed by atoms with Crippen molar-refractivity contribution in [3.8, 4) is 11.5 Å². The highest BCUT2D eigenvalue weighted by atomic mass is 19.1. The van der Waals surface area contributed by atoms with Gasteiger partial charge in [0.1, 0.15) is 23.9 Å². The fourth-order valence-corrected chi connectivity index (χ4v) is 3.75. The van der Waals surface area contributed by atoms with Gasteiger partial charge in [0.25, 0.3) is 0 Å². The maximum absolute atomic E-state index is 13.7. The smallest absolute Gasteiger partial charge is 0.336 e. The van der Waals surface area contributed by atoms with E-state index in [1.54, 1.807) is 24.3 Å². The number of benzene rings is 2. The number of methoxy groups -OCH3 is 2. The molecule has 2 aliphatic rings. The van der Waals surface area contributed by atoms with Crippen LogP contribution >= 0.6 is 0 Å². The van der Waals surface area contributed by atoms with Crippen LogP contribution in [0.1, 0.15) is 17.9 Å². The summed E-state index contributed by atoms with van der Waals surface area (Å²) in [6.45, 7) is -0.0425. The molecular formula is C21H18FNO5. The number of carbonyl (C=O) groups is 2. The van der Waals surface area contributed by atoms with Crippen molar-refractivity contribution in [2.24, 2.45) is 0 Å². The van der Waals surface area contributed by atoms with Gasteiger partial charge >= 0.3 is 5.97 Å². The van der Waals surface area contributed by atoms with Gasteiger partial charge in [0.05, 0.1) is 31.2 Å². The van der Waals surface area contributed by atoms with E-state index in [9.17, 15) is 14.0 Å². The zero-order valence-electron chi connectivity index (χ0n) is 15.4. The Hall–Kier alpha value is -3.35. The lowest BCUT2D eigenvalue weighted by Crippen LogP contribution is -2.37. The summed E-state index contributed by atoms with van der Waals surface area (Å²) in [6.07, 6.45) is 0.0218. The van der Waals surface area contributed by atoms with Crippen LogP contribution in [0, 0.1) is 5.82 Å². The second-order valence-corrected chi connectivity index (χ2v) is 6.51. The molecule has 7 heteroatoms. The van der Waals surface area contributed by atoms with Crippen LogP contribution in [0.4, 0.5) is 10.1 Å². The lowest BCUT2D eigenvalue weighted by atomic mass is 9.83. The van der Waals surface area contributed by atoms with Gasteiger partial charge < -0.3 is 14.2 Å². The SMILES string of the molecule is COc1ccc(OC)c([C@@H]2CC(=O)N(c3cccc(F)c3)C3=C2C(=O)OC3)c1. The molecule has 0 aliphatic carbocycles. The zero-order chi connectivity index (χ0) is 19.8. The highest BCUT2D eigenvalue weighted by Crippen LogP contribution is 2.45. The Kier molecular flexibility index (Phi) is 4.50. The Morgan fingerprint density at radius 2 is 1.93 bits per heavy atom. The molecule has 2 aliphatic heterocycles. The van der Waals surface area contributed by atoms with Crippen molar-refractivity contribution in [1.82, 2.24) is 0 Å². The number of hydrogen-bond acceptors (Lipinski definition) is 5. The van der Waals surface area contributed by atoms with Crippen LogP contribution < -0.4 is 14.4 Å². The van der Waals surface area contributed by atoms with Crippen molar-refractivity contribution >= 4 is 17.6 Å². The summed E-state index contributed by atoms with van der Waals surface area (Å²) in [5, 5.41) is 0. The van der Waals surface area contributed by atoms with Gasteiger partial charge in [0.2, 0.25) is 5.91 Å². The molecule has 0 bridgehead atoms. The molecule has 0 saturated carbocycles. The second-order valence-electron chi connectivity index (χ2n) is 6.51. The molecule has 0 spiro atoms. The lowest BCUT2D eigenvalue weighted by Gasteiger charge is -2.32. The highest BCUT2D eigenvalue weighted by molar-refractivity contribution is 6.06. The van der Waals surface area contributed by atoms with Crippen molar-refractivity contribution in [2.75, 3.05) is 25.7 Å². The Bertz CT molecular complexity index is 1000. The summed E-state index contributed by atoms with van der Waals surface area (Å²) in [4.78, 5) is 26.9. The van der Waals surface area contributed by atoms with Crippen molar-refractivity contribution in [1.29, 1.82) is 0 Å². The summed E-state index contributed by atoms with van der Waals surface area (Å²) in [6, 6.07) is 10.9. The van der Waals surface area contributed by atoms with Crippen molar-refractivity contribution < 1.29 is 28.2 Å². The summed E-state index contributed by atoms with van der Waals surface area (Å²) in [5.41, 5.74) is 1.85. The maximum atomic E-state index is 13.7. The monoisotopic (exact) mass is 383 g/mol. The molecule has 0 N–H and O–H groups in total. The molecule has 1 amide bonds. The number of carbonyl (C=O) groups excluding carboxylic acids is 2. The summed E-state index contributed by atoms with van der Waals surface area (Å²) in [5.74, 6) is -0.605. The van der Waals surface area contributed by atoms with Crippen LogP contribution in [0.15, 0.2) is 53.7 Å². The first-order chi connectivity index (χ1) is 13.5. The average molecular weight is 383 g/mol. The van der Waals surface area contributed by atoms with E-state index in [1.165, 1.54) is 37.3 Å². The van der Waals surface area contributed by atoms with Gasteiger partial charge in [0.15, 0.2) is 0 Å². The Morgan fingerprint density at radius 3 is 2.64 bits per heavy atom. The molecule has 0 fully saturated rings. The largest absolute Gasteiger partial charge is 0.497 e. The molecule has 0 unspecified atom stereocenters. The summed E-state index contributed by atoms with van der Waals surface area (Å²) < 4.78 is 29.7. The molecule has 4 rings (SSSR count). The number of anilines is 1. The van der Waals surface area contributed by atoms with Crippen LogP contribution in [0.5, 0.6) is 11.5 Å². The van der Waals surface area contributed by atoms with Gasteiger partial charge in [-0.05, 0) is 36.4 Å². The van der Waals surface area contributed by atoms with E-state index in [0.717, 1.165) is 0 Å². The molecule has 0 saturated heterocycles. The fourth-order valence-electron chi connectivity index (χ4n) is 3.75. The first-order valence-electron chi connectivity index (χ1n) is 8.74. The third-order valence-electron chi connectivity index (χ3n) is 5.00. The molecule has 0 radical (unpaired) electrons. The van der Waals surface area contributed by atoms with E-state index in [0.29, 0.717) is 34.0 Å². The number of ether oxygens (including phenoxy) is 3. The second kappa shape index (κ2) is 6.99. The van der Waals surface area contributed by atoms with E-state index in [-0.39, 0.29) is 18.9 Å². The standard InChI is InChI=1S/C21H18FNO5/c1-26-14-6-7-18(27-2)15(9-14)16-10-19(24)23(13-5-3-4-12(22)8-13)17-11-28-21(25)20(16)17/h3-9,16H,10-11H2,1-2H3/t16-/m0/s1.